The third-order valence-electron chi connectivity index (χ3n) is 6.21. The first kappa shape index (κ1) is 21.5. The lowest BCUT2D eigenvalue weighted by atomic mass is 9.92. The van der Waals surface area contributed by atoms with Crippen LogP contribution in [0.3, 0.4) is 0 Å². The number of benzene rings is 1. The lowest BCUT2D eigenvalue weighted by Crippen LogP contribution is -2.39. The highest BCUT2D eigenvalue weighted by Crippen LogP contribution is 2.27. The van der Waals surface area contributed by atoms with Crippen molar-refractivity contribution in [2.24, 2.45) is 11.8 Å². The van der Waals surface area contributed by atoms with Crippen molar-refractivity contribution in [3.8, 4) is 11.3 Å². The summed E-state index contributed by atoms with van der Waals surface area (Å²) in [7, 11) is 0. The van der Waals surface area contributed by atoms with Gasteiger partial charge in [-0.25, -0.2) is 4.39 Å². The van der Waals surface area contributed by atoms with Crippen LogP contribution in [0.4, 0.5) is 10.2 Å². The second kappa shape index (κ2) is 10.5. The molecule has 0 radical (unpaired) electrons. The molecule has 30 heavy (non-hydrogen) atoms. The molecule has 1 unspecified atom stereocenters. The van der Waals surface area contributed by atoms with Crippen molar-refractivity contribution < 1.29 is 9.13 Å². The van der Waals surface area contributed by atoms with Gasteiger partial charge in [0.15, 0.2) is 0 Å². The van der Waals surface area contributed by atoms with Crippen LogP contribution in [-0.2, 0) is 4.74 Å². The van der Waals surface area contributed by atoms with E-state index in [-0.39, 0.29) is 5.82 Å². The molecular weight excluding hydrogens is 403 g/mol. The first-order valence-corrected chi connectivity index (χ1v) is 11.4. The zero-order valence-corrected chi connectivity index (χ0v) is 18.1. The summed E-state index contributed by atoms with van der Waals surface area (Å²) < 4.78 is 19.1. The maximum absolute atomic E-state index is 13.5. The molecule has 2 aliphatic rings. The third kappa shape index (κ3) is 5.90. The number of halogens is 2. The molecule has 2 aliphatic heterocycles. The summed E-state index contributed by atoms with van der Waals surface area (Å²) >= 11 is 6.15. The normalized spacial score (nSPS) is 20.9. The summed E-state index contributed by atoms with van der Waals surface area (Å²) in [6.45, 7) is 6.36. The smallest absolute Gasteiger partial charge is 0.148 e. The molecule has 3 heterocycles. The van der Waals surface area contributed by atoms with Crippen molar-refractivity contribution in [3.63, 3.8) is 0 Å². The van der Waals surface area contributed by atoms with Gasteiger partial charge in [-0.1, -0.05) is 11.6 Å². The van der Waals surface area contributed by atoms with E-state index in [1.165, 1.54) is 63.5 Å². The van der Waals surface area contributed by atoms with Gasteiger partial charge in [0, 0.05) is 25.3 Å². The molecule has 1 aromatic carbocycles. The lowest BCUT2D eigenvalue weighted by molar-refractivity contribution is 0.0325. The number of piperidine rings is 1. The fourth-order valence-corrected chi connectivity index (χ4v) is 4.66. The van der Waals surface area contributed by atoms with Gasteiger partial charge in [-0.2, -0.15) is 0 Å². The van der Waals surface area contributed by atoms with Gasteiger partial charge >= 0.3 is 0 Å². The molecule has 1 aromatic heterocycles. The highest BCUT2D eigenvalue weighted by molar-refractivity contribution is 6.33. The molecule has 162 valence electrons. The molecule has 0 aliphatic carbocycles. The first-order valence-electron chi connectivity index (χ1n) is 11.0. The number of aromatic nitrogens is 2. The van der Waals surface area contributed by atoms with Crippen LogP contribution < -0.4 is 5.32 Å². The summed E-state index contributed by atoms with van der Waals surface area (Å²) in [6.07, 6.45) is 6.19. The van der Waals surface area contributed by atoms with Gasteiger partial charge in [0.25, 0.3) is 0 Å². The minimum atomic E-state index is -0.337. The van der Waals surface area contributed by atoms with E-state index in [2.05, 4.69) is 20.4 Å². The fraction of sp³-hybridized carbons (Fsp3) is 0.565. The summed E-state index contributed by atoms with van der Waals surface area (Å²) in [5, 5.41) is 12.3. The zero-order chi connectivity index (χ0) is 20.8. The van der Waals surface area contributed by atoms with E-state index in [1.807, 2.05) is 12.1 Å². The van der Waals surface area contributed by atoms with E-state index in [0.717, 1.165) is 43.8 Å². The number of rotatable bonds is 7. The highest BCUT2D eigenvalue weighted by atomic mass is 35.5. The average molecular weight is 433 g/mol. The van der Waals surface area contributed by atoms with Gasteiger partial charge in [0.1, 0.15) is 11.6 Å². The lowest BCUT2D eigenvalue weighted by Gasteiger charge is -2.35. The summed E-state index contributed by atoms with van der Waals surface area (Å²) in [4.78, 5) is 2.62. The Kier molecular flexibility index (Phi) is 7.52. The minimum Gasteiger partial charge on any atom is -0.381 e. The van der Waals surface area contributed by atoms with Gasteiger partial charge < -0.3 is 15.0 Å². The van der Waals surface area contributed by atoms with E-state index in [9.17, 15) is 4.39 Å². The maximum atomic E-state index is 13.5. The molecule has 0 spiro atoms. The molecule has 0 amide bonds. The number of nitrogens with zero attached hydrogens (tertiary/aromatic N) is 3. The van der Waals surface area contributed by atoms with Crippen LogP contribution in [0, 0.1) is 17.7 Å². The predicted octanol–water partition coefficient (Wildman–Crippen LogP) is 4.88. The molecule has 0 saturated carbocycles. The summed E-state index contributed by atoms with van der Waals surface area (Å²) in [5.41, 5.74) is 1.13. The maximum Gasteiger partial charge on any atom is 0.148 e. The van der Waals surface area contributed by atoms with Crippen LogP contribution in [0.25, 0.3) is 11.3 Å². The van der Waals surface area contributed by atoms with Crippen molar-refractivity contribution in [2.45, 2.75) is 32.1 Å². The fourth-order valence-electron chi connectivity index (χ4n) is 4.44. The summed E-state index contributed by atoms with van der Waals surface area (Å²) in [6, 6.07) is 7.95. The molecule has 5 nitrogen and oxygen atoms in total. The SMILES string of the molecule is Fc1ccc(Cl)c(-c2ccc(NCCC3CCN(CC4CCCOC4)CC3)nn2)c1. The Morgan fingerprint density at radius 1 is 1.10 bits per heavy atom. The van der Waals surface area contributed by atoms with Crippen LogP contribution in [0.5, 0.6) is 0 Å². The quantitative estimate of drug-likeness (QED) is 0.675. The number of anilines is 1. The van der Waals surface area contributed by atoms with Crippen LogP contribution >= 0.6 is 11.6 Å². The molecule has 2 fully saturated rings. The monoisotopic (exact) mass is 432 g/mol. The van der Waals surface area contributed by atoms with Crippen LogP contribution in [0.2, 0.25) is 5.02 Å². The van der Waals surface area contributed by atoms with Crippen LogP contribution in [-0.4, -0.2) is 54.5 Å². The molecule has 7 heteroatoms. The van der Waals surface area contributed by atoms with Gasteiger partial charge in [-0.05, 0) is 87.4 Å². The highest BCUT2D eigenvalue weighted by Gasteiger charge is 2.22. The Hall–Kier alpha value is -1.76. The number of hydrogen-bond donors (Lipinski definition) is 1. The van der Waals surface area contributed by atoms with Gasteiger partial charge in [0.2, 0.25) is 0 Å². The van der Waals surface area contributed by atoms with E-state index in [0.29, 0.717) is 16.3 Å². The molecule has 2 aromatic rings. The topological polar surface area (TPSA) is 50.3 Å². The van der Waals surface area contributed by atoms with Crippen LogP contribution in [0.1, 0.15) is 32.1 Å². The van der Waals surface area contributed by atoms with Crippen molar-refractivity contribution >= 4 is 17.4 Å². The molecule has 1 atom stereocenters. The Labute approximate surface area is 183 Å². The predicted molar refractivity (Wildman–Crippen MR) is 118 cm³/mol. The zero-order valence-electron chi connectivity index (χ0n) is 17.3. The Balaban J connectivity index is 1.18. The van der Waals surface area contributed by atoms with Crippen molar-refractivity contribution in [1.29, 1.82) is 0 Å². The standard InChI is InChI=1S/C23H30ClFN4O/c24-21-4-3-19(25)14-20(21)22-5-6-23(28-27-22)26-10-7-17-8-11-29(12-9-17)15-18-2-1-13-30-16-18/h3-6,14,17-18H,1-2,7-13,15-16H2,(H,26,28). The summed E-state index contributed by atoms with van der Waals surface area (Å²) in [5.74, 6) is 1.88. The number of nitrogens with one attached hydrogen (secondary N) is 1. The van der Waals surface area contributed by atoms with E-state index < -0.39 is 0 Å². The molecule has 0 bridgehead atoms. The molecule has 1 N–H and O–H groups in total. The molecule has 2 saturated heterocycles. The molecule has 4 rings (SSSR count). The third-order valence-corrected chi connectivity index (χ3v) is 6.54. The van der Waals surface area contributed by atoms with Crippen molar-refractivity contribution in [2.75, 3.05) is 44.7 Å². The second-order valence-corrected chi connectivity index (χ2v) is 8.88. The van der Waals surface area contributed by atoms with Gasteiger partial charge in [0.05, 0.1) is 17.3 Å². The Morgan fingerprint density at radius 2 is 1.97 bits per heavy atom. The first-order chi connectivity index (χ1) is 14.7. The number of ether oxygens (including phenoxy) is 1. The second-order valence-electron chi connectivity index (χ2n) is 8.47. The van der Waals surface area contributed by atoms with Gasteiger partial charge in [-0.3, -0.25) is 0 Å². The van der Waals surface area contributed by atoms with Crippen molar-refractivity contribution in [1.82, 2.24) is 15.1 Å². The molecular formula is C23H30ClFN4O. The van der Waals surface area contributed by atoms with Gasteiger partial charge in [-0.15, -0.1) is 10.2 Å². The van der Waals surface area contributed by atoms with E-state index in [4.69, 9.17) is 16.3 Å². The average Bonchev–Trinajstić information content (AvgIpc) is 2.78. The van der Waals surface area contributed by atoms with E-state index in [1.54, 1.807) is 0 Å². The minimum absolute atomic E-state index is 0.337. The number of hydrogen-bond acceptors (Lipinski definition) is 5. The van der Waals surface area contributed by atoms with E-state index >= 15 is 0 Å². The Morgan fingerprint density at radius 3 is 2.70 bits per heavy atom. The van der Waals surface area contributed by atoms with Crippen molar-refractivity contribution in [3.05, 3.63) is 41.2 Å². The Bertz CT molecular complexity index is 805. The van der Waals surface area contributed by atoms with Crippen LogP contribution in [0.15, 0.2) is 30.3 Å². The number of likely N-dealkylation sites (tertiary alicyclic amines) is 1. The largest absolute Gasteiger partial charge is 0.381 e.